The molecule has 1 rings (SSSR count). The Balaban J connectivity index is 3.78. The highest BCUT2D eigenvalue weighted by atomic mass is 14.3. The van der Waals surface area contributed by atoms with Crippen molar-refractivity contribution in [3.63, 3.8) is 0 Å². The molecule has 0 heteroatoms. The van der Waals surface area contributed by atoms with Gasteiger partial charge in [-0.25, -0.2) is 0 Å². The van der Waals surface area contributed by atoms with E-state index in [2.05, 4.69) is 81.4 Å². The summed E-state index contributed by atoms with van der Waals surface area (Å²) in [4.78, 5) is 0. The van der Waals surface area contributed by atoms with E-state index in [-0.39, 0.29) is 0 Å². The van der Waals surface area contributed by atoms with Crippen LogP contribution in [0.15, 0.2) is 34.4 Å². The number of hydrogen-bond donors (Lipinski definition) is 0. The van der Waals surface area contributed by atoms with Gasteiger partial charge in [-0.15, -0.1) is 0 Å². The Hall–Kier alpha value is -0.780. The van der Waals surface area contributed by atoms with E-state index in [0.717, 1.165) is 0 Å². The summed E-state index contributed by atoms with van der Waals surface area (Å²) in [6.45, 7) is 23.6. The second-order valence-electron chi connectivity index (χ2n) is 8.49. The molecule has 0 nitrogen and oxygen atoms in total. The number of hydrogen-bond acceptors (Lipinski definition) is 0. The first kappa shape index (κ1) is 19.3. The molecule has 22 heavy (non-hydrogen) atoms. The Kier molecular flexibility index (Phi) is 6.71. The average Bonchev–Trinajstić information content (AvgIpc) is 2.54. The maximum atomic E-state index is 2.49. The third-order valence-electron chi connectivity index (χ3n) is 4.87. The van der Waals surface area contributed by atoms with E-state index in [4.69, 9.17) is 0 Å². The number of rotatable bonds is 5. The molecule has 0 heterocycles. The van der Waals surface area contributed by atoms with Crippen LogP contribution in [0.3, 0.4) is 0 Å². The fraction of sp³-hybridized carbons (Fsp3) is 0.727. The lowest BCUT2D eigenvalue weighted by Gasteiger charge is -2.31. The molecular formula is C22H38. The van der Waals surface area contributed by atoms with Gasteiger partial charge in [0, 0.05) is 5.92 Å². The fourth-order valence-corrected chi connectivity index (χ4v) is 3.96. The predicted molar refractivity (Wildman–Crippen MR) is 101 cm³/mol. The molecule has 1 unspecified atom stereocenters. The third-order valence-corrected chi connectivity index (χ3v) is 4.87. The first-order valence-corrected chi connectivity index (χ1v) is 9.26. The van der Waals surface area contributed by atoms with Crippen LogP contribution < -0.4 is 0 Å². The van der Waals surface area contributed by atoms with Crippen molar-refractivity contribution < 1.29 is 0 Å². The van der Waals surface area contributed by atoms with Crippen LogP contribution in [0.2, 0.25) is 0 Å². The van der Waals surface area contributed by atoms with E-state index in [0.29, 0.717) is 35.5 Å². The van der Waals surface area contributed by atoms with Crippen molar-refractivity contribution in [2.75, 3.05) is 0 Å². The van der Waals surface area contributed by atoms with Crippen molar-refractivity contribution in [2.24, 2.45) is 35.5 Å². The van der Waals surface area contributed by atoms with Crippen molar-refractivity contribution in [1.82, 2.24) is 0 Å². The van der Waals surface area contributed by atoms with Gasteiger partial charge in [0.15, 0.2) is 0 Å². The van der Waals surface area contributed by atoms with Gasteiger partial charge in [0.05, 0.1) is 0 Å². The van der Waals surface area contributed by atoms with Crippen molar-refractivity contribution >= 4 is 0 Å². The molecule has 0 N–H and O–H groups in total. The molecule has 1 aliphatic carbocycles. The standard InChI is InChI=1S/C22H38/c1-13(2)18-11-12-19(14(3)4)21(16(7)8)22(17(9)10)20(18)15(5)6/h11-18H,1-10H3. The third kappa shape index (κ3) is 3.94. The predicted octanol–water partition coefficient (Wildman–Crippen LogP) is 7.05. The molecular weight excluding hydrogens is 264 g/mol. The van der Waals surface area contributed by atoms with Gasteiger partial charge in [0.2, 0.25) is 0 Å². The molecule has 0 saturated heterocycles. The largest absolute Gasteiger partial charge is 0.0768 e. The van der Waals surface area contributed by atoms with Crippen molar-refractivity contribution in [3.05, 3.63) is 34.4 Å². The normalized spacial score (nSPS) is 20.4. The van der Waals surface area contributed by atoms with Crippen LogP contribution in [0.25, 0.3) is 0 Å². The molecule has 126 valence electrons. The minimum atomic E-state index is 0.572. The van der Waals surface area contributed by atoms with Gasteiger partial charge < -0.3 is 0 Å². The van der Waals surface area contributed by atoms with Gasteiger partial charge in [-0.05, 0) is 46.3 Å². The lowest BCUT2D eigenvalue weighted by Crippen LogP contribution is -2.19. The maximum absolute atomic E-state index is 2.49. The quantitative estimate of drug-likeness (QED) is 0.510. The van der Waals surface area contributed by atoms with E-state index < -0.39 is 0 Å². The SMILES string of the molecule is CC(C)C1=C(C(C)C)C(C(C)C)=C(C(C)C)C(C(C)C)C=C1. The second kappa shape index (κ2) is 7.66. The molecule has 0 spiro atoms. The van der Waals surface area contributed by atoms with Crippen LogP contribution in [-0.2, 0) is 0 Å². The van der Waals surface area contributed by atoms with Crippen LogP contribution in [0.4, 0.5) is 0 Å². The monoisotopic (exact) mass is 302 g/mol. The van der Waals surface area contributed by atoms with Crippen LogP contribution in [0.5, 0.6) is 0 Å². The molecule has 0 saturated carbocycles. The minimum Gasteiger partial charge on any atom is -0.0768 e. The van der Waals surface area contributed by atoms with E-state index >= 15 is 0 Å². The van der Waals surface area contributed by atoms with Crippen molar-refractivity contribution in [1.29, 1.82) is 0 Å². The highest BCUT2D eigenvalue weighted by Crippen LogP contribution is 2.43. The summed E-state index contributed by atoms with van der Waals surface area (Å²) in [6.07, 6.45) is 4.94. The molecule has 0 aromatic heterocycles. The molecule has 0 aliphatic heterocycles. The van der Waals surface area contributed by atoms with E-state index in [1.807, 2.05) is 0 Å². The Morgan fingerprint density at radius 1 is 0.636 bits per heavy atom. The topological polar surface area (TPSA) is 0 Å². The Labute approximate surface area is 139 Å². The first-order valence-electron chi connectivity index (χ1n) is 9.26. The molecule has 0 aromatic rings. The van der Waals surface area contributed by atoms with Gasteiger partial charge >= 0.3 is 0 Å². The summed E-state index contributed by atoms with van der Waals surface area (Å²) in [6, 6.07) is 0. The Morgan fingerprint density at radius 2 is 1.14 bits per heavy atom. The van der Waals surface area contributed by atoms with Gasteiger partial charge in [-0.2, -0.15) is 0 Å². The summed E-state index contributed by atoms with van der Waals surface area (Å²) >= 11 is 0. The zero-order valence-electron chi connectivity index (χ0n) is 16.6. The second-order valence-corrected chi connectivity index (χ2v) is 8.49. The molecule has 0 amide bonds. The summed E-state index contributed by atoms with van der Waals surface area (Å²) in [5.74, 6) is 3.59. The average molecular weight is 303 g/mol. The van der Waals surface area contributed by atoms with Crippen LogP contribution in [0, 0.1) is 35.5 Å². The summed E-state index contributed by atoms with van der Waals surface area (Å²) in [7, 11) is 0. The minimum absolute atomic E-state index is 0.572. The molecule has 0 fully saturated rings. The molecule has 1 aliphatic rings. The molecule has 0 radical (unpaired) electrons. The number of allylic oxidation sites excluding steroid dienone is 6. The Morgan fingerprint density at radius 3 is 1.45 bits per heavy atom. The zero-order chi connectivity index (χ0) is 17.2. The van der Waals surface area contributed by atoms with E-state index in [1.54, 1.807) is 22.3 Å². The molecule has 1 atom stereocenters. The molecule has 0 aromatic carbocycles. The highest BCUT2D eigenvalue weighted by molar-refractivity contribution is 5.50. The van der Waals surface area contributed by atoms with Crippen LogP contribution in [0.1, 0.15) is 69.2 Å². The van der Waals surface area contributed by atoms with Gasteiger partial charge in [-0.3, -0.25) is 0 Å². The fourth-order valence-electron chi connectivity index (χ4n) is 3.96. The van der Waals surface area contributed by atoms with Gasteiger partial charge in [-0.1, -0.05) is 87.0 Å². The summed E-state index contributed by atoms with van der Waals surface area (Å²) in [5, 5.41) is 0. The van der Waals surface area contributed by atoms with Crippen LogP contribution >= 0.6 is 0 Å². The van der Waals surface area contributed by atoms with E-state index in [1.165, 1.54) is 0 Å². The van der Waals surface area contributed by atoms with Crippen molar-refractivity contribution in [2.45, 2.75) is 69.2 Å². The summed E-state index contributed by atoms with van der Waals surface area (Å²) < 4.78 is 0. The molecule has 0 bridgehead atoms. The van der Waals surface area contributed by atoms with Crippen molar-refractivity contribution in [3.8, 4) is 0 Å². The lowest BCUT2D eigenvalue weighted by molar-refractivity contribution is 0.472. The van der Waals surface area contributed by atoms with Gasteiger partial charge in [0.25, 0.3) is 0 Å². The summed E-state index contributed by atoms with van der Waals surface area (Å²) in [5.41, 5.74) is 6.51. The Bertz CT molecular complexity index is 464. The lowest BCUT2D eigenvalue weighted by atomic mass is 9.74. The van der Waals surface area contributed by atoms with Gasteiger partial charge in [0.1, 0.15) is 0 Å². The maximum Gasteiger partial charge on any atom is 0.00116 e. The van der Waals surface area contributed by atoms with Crippen LogP contribution in [-0.4, -0.2) is 0 Å². The first-order chi connectivity index (χ1) is 10.1. The van der Waals surface area contributed by atoms with E-state index in [9.17, 15) is 0 Å². The zero-order valence-corrected chi connectivity index (χ0v) is 16.6. The smallest absolute Gasteiger partial charge is 0.00116 e. The highest BCUT2D eigenvalue weighted by Gasteiger charge is 2.30.